The molecule has 2 aromatic rings. The molecule has 2 aliphatic heterocycles. The molecule has 53 heavy (non-hydrogen) atoms. The van der Waals surface area contributed by atoms with E-state index in [1.54, 1.807) is 21.9 Å². The molecular formula is C38H57FN4O10. The fraction of sp³-hybridized carbons (Fsp3) is 0.632. The molecule has 1 N–H and O–H groups in total. The third-order valence-corrected chi connectivity index (χ3v) is 8.48. The van der Waals surface area contributed by atoms with Gasteiger partial charge in [0.1, 0.15) is 28.4 Å². The number of likely N-dealkylation sites (tertiary alicyclic amines) is 2. The minimum absolute atomic E-state index is 0.00333. The Morgan fingerprint density at radius 3 is 1.34 bits per heavy atom. The number of carbonyl (C=O) groups is 2. The molecular weight excluding hydrogens is 691 g/mol. The lowest BCUT2D eigenvalue weighted by Gasteiger charge is -2.47. The third kappa shape index (κ3) is 14.4. The van der Waals surface area contributed by atoms with E-state index in [9.17, 15) is 39.3 Å². The van der Waals surface area contributed by atoms with Crippen molar-refractivity contribution in [3.05, 3.63) is 74.6 Å². The van der Waals surface area contributed by atoms with Gasteiger partial charge in [0, 0.05) is 61.3 Å². The summed E-state index contributed by atoms with van der Waals surface area (Å²) in [5.74, 6) is 0.119. The number of ether oxygens (including phenoxy) is 3. The van der Waals surface area contributed by atoms with Gasteiger partial charge in [-0.1, -0.05) is 0 Å². The number of benzene rings is 2. The Hall–Kier alpha value is -4.53. The summed E-state index contributed by atoms with van der Waals surface area (Å²) in [6.45, 7) is 22.8. The van der Waals surface area contributed by atoms with Crippen LogP contribution in [0.25, 0.3) is 0 Å². The van der Waals surface area contributed by atoms with Crippen LogP contribution < -0.4 is 4.74 Å². The summed E-state index contributed by atoms with van der Waals surface area (Å²) in [5, 5.41) is 30.8. The average molecular weight is 749 g/mol. The second-order valence-electron chi connectivity index (χ2n) is 16.5. The molecule has 2 heterocycles. The summed E-state index contributed by atoms with van der Waals surface area (Å²) in [7, 11) is 0. The van der Waals surface area contributed by atoms with E-state index in [-0.39, 0.29) is 47.7 Å². The highest BCUT2D eigenvalue weighted by molar-refractivity contribution is 5.69. The standard InChI is InChI=1S/C19H28N2O5.C13H25NO3.C6H4FNO2/c1-13-11-19(6,25-16-9-7-15(8-10-16)21(23)24)12-14(2)20(13)17(22)26-18(3,4)5;1-9-7-13(6,16)8-10(2)14(9)11(15)17-12(3,4)5;7-5-1-3-6(4-2-5)8(9)10/h7-10,13-14H,11-12H2,1-6H3;9-10,16H,7-8H2,1-6H3;1-4H. The lowest BCUT2D eigenvalue weighted by molar-refractivity contribution is -0.385. The van der Waals surface area contributed by atoms with Crippen LogP contribution >= 0.6 is 0 Å². The van der Waals surface area contributed by atoms with Gasteiger partial charge in [0.25, 0.3) is 11.4 Å². The van der Waals surface area contributed by atoms with E-state index in [1.807, 2.05) is 83.1 Å². The number of non-ortho nitro benzene ring substituents is 2. The first kappa shape index (κ1) is 44.6. The highest BCUT2D eigenvalue weighted by Crippen LogP contribution is 2.36. The Morgan fingerprint density at radius 2 is 1.02 bits per heavy atom. The van der Waals surface area contributed by atoms with Crippen LogP contribution in [0.1, 0.15) is 109 Å². The first-order chi connectivity index (χ1) is 24.1. The molecule has 2 amide bonds. The molecule has 0 aliphatic carbocycles. The number of rotatable bonds is 4. The molecule has 4 unspecified atom stereocenters. The molecule has 0 bridgehead atoms. The molecule has 4 atom stereocenters. The van der Waals surface area contributed by atoms with E-state index < -0.39 is 38.1 Å². The molecule has 14 nitrogen and oxygen atoms in total. The molecule has 2 fully saturated rings. The summed E-state index contributed by atoms with van der Waals surface area (Å²) in [5.41, 5.74) is -2.22. The van der Waals surface area contributed by atoms with Gasteiger partial charge in [-0.05, 0) is 120 Å². The molecule has 0 aromatic heterocycles. The van der Waals surface area contributed by atoms with Crippen LogP contribution in [0.2, 0.25) is 0 Å². The minimum Gasteiger partial charge on any atom is -0.487 e. The Labute approximate surface area is 311 Å². The van der Waals surface area contributed by atoms with Crippen LogP contribution in [0, 0.1) is 26.0 Å². The van der Waals surface area contributed by atoms with Gasteiger partial charge in [0.15, 0.2) is 0 Å². The van der Waals surface area contributed by atoms with Crippen LogP contribution in [-0.4, -0.2) is 83.5 Å². The van der Waals surface area contributed by atoms with Crippen molar-refractivity contribution < 1.29 is 43.1 Å². The zero-order valence-electron chi connectivity index (χ0n) is 33.0. The van der Waals surface area contributed by atoms with Gasteiger partial charge in [-0.2, -0.15) is 0 Å². The second-order valence-corrected chi connectivity index (χ2v) is 16.5. The van der Waals surface area contributed by atoms with Crippen molar-refractivity contribution in [2.45, 2.75) is 155 Å². The number of hydrogen-bond acceptors (Lipinski definition) is 10. The van der Waals surface area contributed by atoms with Gasteiger partial charge < -0.3 is 29.1 Å². The number of nitro benzene ring substituents is 2. The van der Waals surface area contributed by atoms with Gasteiger partial charge in [-0.15, -0.1) is 0 Å². The summed E-state index contributed by atoms with van der Waals surface area (Å²) in [6, 6.07) is 10.3. The Morgan fingerprint density at radius 1 is 0.698 bits per heavy atom. The molecule has 2 aromatic carbocycles. The third-order valence-electron chi connectivity index (χ3n) is 8.48. The van der Waals surface area contributed by atoms with Crippen molar-refractivity contribution in [3.63, 3.8) is 0 Å². The maximum absolute atomic E-state index is 12.5. The Bertz CT molecular complexity index is 1530. The van der Waals surface area contributed by atoms with E-state index in [4.69, 9.17) is 14.2 Å². The Kier molecular flexibility index (Phi) is 14.8. The fourth-order valence-electron chi connectivity index (χ4n) is 6.87. The Balaban J connectivity index is 0.000000307. The number of hydrogen-bond donors (Lipinski definition) is 1. The van der Waals surface area contributed by atoms with Gasteiger partial charge in [-0.25, -0.2) is 14.0 Å². The number of nitro groups is 2. The molecule has 0 saturated carbocycles. The predicted molar refractivity (Wildman–Crippen MR) is 198 cm³/mol. The summed E-state index contributed by atoms with van der Waals surface area (Å²) < 4.78 is 29.2. The summed E-state index contributed by atoms with van der Waals surface area (Å²) in [4.78, 5) is 47.8. The fourth-order valence-corrected chi connectivity index (χ4v) is 6.87. The number of nitrogens with zero attached hydrogens (tertiary/aromatic N) is 4. The van der Waals surface area contributed by atoms with Gasteiger partial charge >= 0.3 is 12.2 Å². The number of piperidine rings is 2. The van der Waals surface area contributed by atoms with Crippen LogP contribution in [0.15, 0.2) is 48.5 Å². The average Bonchev–Trinajstić information content (AvgIpc) is 2.94. The van der Waals surface area contributed by atoms with E-state index in [1.165, 1.54) is 12.1 Å². The molecule has 296 valence electrons. The normalized spacial score (nSPS) is 25.8. The largest absolute Gasteiger partial charge is 0.487 e. The van der Waals surface area contributed by atoms with E-state index in [0.29, 0.717) is 31.4 Å². The molecule has 2 aliphatic rings. The van der Waals surface area contributed by atoms with Crippen LogP contribution in [0.5, 0.6) is 5.75 Å². The van der Waals surface area contributed by atoms with Gasteiger partial charge in [0.05, 0.1) is 15.4 Å². The number of halogens is 1. The van der Waals surface area contributed by atoms with E-state index >= 15 is 0 Å². The minimum atomic E-state index is -0.683. The first-order valence-electron chi connectivity index (χ1n) is 17.7. The molecule has 0 radical (unpaired) electrons. The number of amides is 2. The van der Waals surface area contributed by atoms with Crippen LogP contribution in [-0.2, 0) is 9.47 Å². The van der Waals surface area contributed by atoms with E-state index in [2.05, 4.69) is 0 Å². The highest BCUT2D eigenvalue weighted by Gasteiger charge is 2.44. The predicted octanol–water partition coefficient (Wildman–Crippen LogP) is 8.82. The summed E-state index contributed by atoms with van der Waals surface area (Å²) >= 11 is 0. The maximum Gasteiger partial charge on any atom is 0.410 e. The van der Waals surface area contributed by atoms with Crippen molar-refractivity contribution in [3.8, 4) is 5.75 Å². The second kappa shape index (κ2) is 17.5. The molecule has 0 spiro atoms. The smallest absolute Gasteiger partial charge is 0.410 e. The SMILES string of the molecule is CC1CC(C)(O)CC(C)N1C(=O)OC(C)(C)C.CC1CC(C)(Oc2ccc([N+](=O)[O-])cc2)CC(C)N1C(=O)OC(C)(C)C.O=[N+]([O-])c1ccc(F)cc1. The van der Waals surface area contributed by atoms with Gasteiger partial charge in [-0.3, -0.25) is 20.2 Å². The topological polar surface area (TPSA) is 175 Å². The number of aliphatic hydroxyl groups is 1. The highest BCUT2D eigenvalue weighted by atomic mass is 19.1. The zero-order valence-corrected chi connectivity index (χ0v) is 33.0. The van der Waals surface area contributed by atoms with Crippen molar-refractivity contribution in [1.29, 1.82) is 0 Å². The van der Waals surface area contributed by atoms with Crippen LogP contribution in [0.3, 0.4) is 0 Å². The lowest BCUT2D eigenvalue weighted by Crippen LogP contribution is -2.57. The molecule has 15 heteroatoms. The maximum atomic E-state index is 12.5. The lowest BCUT2D eigenvalue weighted by atomic mass is 9.84. The van der Waals surface area contributed by atoms with Crippen molar-refractivity contribution in [1.82, 2.24) is 9.80 Å². The molecule has 4 rings (SSSR count). The zero-order chi connectivity index (χ0) is 40.7. The van der Waals surface area contributed by atoms with Crippen molar-refractivity contribution >= 4 is 23.6 Å². The van der Waals surface area contributed by atoms with Gasteiger partial charge in [0.2, 0.25) is 0 Å². The summed E-state index contributed by atoms with van der Waals surface area (Å²) in [6.07, 6.45) is 1.89. The van der Waals surface area contributed by atoms with E-state index in [0.717, 1.165) is 24.3 Å². The van der Waals surface area contributed by atoms with Crippen LogP contribution in [0.4, 0.5) is 25.4 Å². The van der Waals surface area contributed by atoms with Crippen molar-refractivity contribution in [2.75, 3.05) is 0 Å². The van der Waals surface area contributed by atoms with Crippen molar-refractivity contribution in [2.24, 2.45) is 0 Å². The molecule has 2 saturated heterocycles. The first-order valence-corrected chi connectivity index (χ1v) is 17.7. The quantitative estimate of drug-likeness (QED) is 0.235. The number of carbonyl (C=O) groups excluding carboxylic acids is 2. The monoisotopic (exact) mass is 748 g/mol.